The monoisotopic (exact) mass is 344 g/mol. The Morgan fingerprint density at radius 1 is 1.48 bits per heavy atom. The fraction of sp³-hybridized carbons (Fsp3) is 0.444. The Bertz CT molecular complexity index is 798. The summed E-state index contributed by atoms with van der Waals surface area (Å²) in [6.45, 7) is 5.83. The Morgan fingerprint density at radius 2 is 2.24 bits per heavy atom. The van der Waals surface area contributed by atoms with Gasteiger partial charge in [0, 0.05) is 25.1 Å². The van der Waals surface area contributed by atoms with E-state index in [1.54, 1.807) is 11.7 Å². The van der Waals surface area contributed by atoms with Crippen molar-refractivity contribution in [3.05, 3.63) is 35.5 Å². The highest BCUT2D eigenvalue weighted by molar-refractivity contribution is 5.93. The molecule has 0 spiro atoms. The van der Waals surface area contributed by atoms with E-state index in [1.165, 1.54) is 0 Å². The van der Waals surface area contributed by atoms with E-state index in [2.05, 4.69) is 15.7 Å². The van der Waals surface area contributed by atoms with Crippen molar-refractivity contribution in [3.8, 4) is 5.75 Å². The minimum atomic E-state index is -0.577. The second-order valence-electron chi connectivity index (χ2n) is 7.00. The number of anilines is 2. The predicted molar refractivity (Wildman–Crippen MR) is 95.8 cm³/mol. The molecule has 0 fully saturated rings. The minimum Gasteiger partial charge on any atom is -0.485 e. The zero-order valence-corrected chi connectivity index (χ0v) is 15.0. The van der Waals surface area contributed by atoms with Crippen LogP contribution in [0.3, 0.4) is 0 Å². The zero-order valence-electron chi connectivity index (χ0n) is 15.0. The first-order chi connectivity index (χ1) is 11.7. The van der Waals surface area contributed by atoms with Crippen LogP contribution in [0.15, 0.2) is 24.3 Å². The number of rotatable bonds is 4. The summed E-state index contributed by atoms with van der Waals surface area (Å²) in [6, 6.07) is 7.34. The maximum atomic E-state index is 12.2. The molecule has 1 amide bonds. The number of aromatic nitrogens is 2. The van der Waals surface area contributed by atoms with Crippen molar-refractivity contribution in [2.24, 2.45) is 7.05 Å². The third kappa shape index (κ3) is 3.76. The maximum absolute atomic E-state index is 12.2. The average Bonchev–Trinajstić information content (AvgIpc) is 2.82. The van der Waals surface area contributed by atoms with Crippen molar-refractivity contribution in [3.63, 3.8) is 0 Å². The molecule has 1 aliphatic rings. The lowest BCUT2D eigenvalue weighted by Crippen LogP contribution is -2.35. The van der Waals surface area contributed by atoms with Gasteiger partial charge in [-0.25, -0.2) is 0 Å². The molecule has 1 unspecified atom stereocenters. The fourth-order valence-electron chi connectivity index (χ4n) is 3.05. The van der Waals surface area contributed by atoms with Gasteiger partial charge in [0.2, 0.25) is 5.91 Å². The molecule has 1 atom stereocenters. The molecular formula is C18H24N4O3. The summed E-state index contributed by atoms with van der Waals surface area (Å²) < 4.78 is 7.65. The SMILES string of the molecule is Cc1cc(NC(=O)CNc2cccc3c2OC(C)(C)CC3O)n(C)n1. The Kier molecular flexibility index (Phi) is 4.43. The van der Waals surface area contributed by atoms with Gasteiger partial charge in [0.25, 0.3) is 0 Å². The van der Waals surface area contributed by atoms with E-state index in [9.17, 15) is 9.90 Å². The number of carbonyl (C=O) groups excluding carboxylic acids is 1. The number of carbonyl (C=O) groups is 1. The molecule has 7 heteroatoms. The molecular weight excluding hydrogens is 320 g/mol. The Hall–Kier alpha value is -2.54. The third-order valence-corrected chi connectivity index (χ3v) is 4.18. The number of aliphatic hydroxyl groups is 1. The molecule has 3 rings (SSSR count). The molecule has 1 aromatic carbocycles. The van der Waals surface area contributed by atoms with E-state index in [1.807, 2.05) is 45.0 Å². The summed E-state index contributed by atoms with van der Waals surface area (Å²) in [5, 5.41) is 20.4. The number of aryl methyl sites for hydroxylation is 2. The second kappa shape index (κ2) is 6.40. The van der Waals surface area contributed by atoms with E-state index in [-0.39, 0.29) is 12.5 Å². The van der Waals surface area contributed by atoms with Crippen LogP contribution in [0.4, 0.5) is 11.5 Å². The molecule has 3 N–H and O–H groups in total. The summed E-state index contributed by atoms with van der Waals surface area (Å²) in [7, 11) is 1.78. The standard InChI is InChI=1S/C18H24N4O3/c1-11-8-15(22(4)21-11)20-16(24)10-19-13-7-5-6-12-14(23)9-18(2,3)25-17(12)13/h5-8,14,19,23H,9-10H2,1-4H3,(H,20,24). The second-order valence-corrected chi connectivity index (χ2v) is 7.00. The van der Waals surface area contributed by atoms with Gasteiger partial charge >= 0.3 is 0 Å². The van der Waals surface area contributed by atoms with Crippen LogP contribution in [0.1, 0.15) is 37.6 Å². The van der Waals surface area contributed by atoms with Crippen molar-refractivity contribution < 1.29 is 14.6 Å². The Morgan fingerprint density at radius 3 is 2.92 bits per heavy atom. The van der Waals surface area contributed by atoms with Crippen molar-refractivity contribution >= 4 is 17.4 Å². The molecule has 134 valence electrons. The topological polar surface area (TPSA) is 88.4 Å². The molecule has 0 saturated carbocycles. The molecule has 0 aliphatic carbocycles. The van der Waals surface area contributed by atoms with E-state index in [0.29, 0.717) is 23.7 Å². The molecule has 2 aromatic rings. The van der Waals surface area contributed by atoms with E-state index in [0.717, 1.165) is 11.3 Å². The van der Waals surface area contributed by atoms with Crippen LogP contribution in [0.25, 0.3) is 0 Å². The molecule has 1 aromatic heterocycles. The summed E-state index contributed by atoms with van der Waals surface area (Å²) in [6.07, 6.45) is -0.0456. The van der Waals surface area contributed by atoms with Crippen LogP contribution >= 0.6 is 0 Å². The fourth-order valence-corrected chi connectivity index (χ4v) is 3.05. The van der Waals surface area contributed by atoms with Gasteiger partial charge in [-0.05, 0) is 26.8 Å². The van der Waals surface area contributed by atoms with Gasteiger partial charge in [0.15, 0.2) is 0 Å². The van der Waals surface area contributed by atoms with Crippen molar-refractivity contribution in [2.45, 2.75) is 38.9 Å². The van der Waals surface area contributed by atoms with Gasteiger partial charge in [-0.3, -0.25) is 9.48 Å². The molecule has 0 radical (unpaired) electrons. The largest absolute Gasteiger partial charge is 0.485 e. The van der Waals surface area contributed by atoms with Gasteiger partial charge in [0.1, 0.15) is 17.2 Å². The molecule has 1 aliphatic heterocycles. The number of hydrogen-bond donors (Lipinski definition) is 3. The lowest BCUT2D eigenvalue weighted by molar-refractivity contribution is -0.114. The van der Waals surface area contributed by atoms with Crippen LogP contribution in [-0.4, -0.2) is 32.9 Å². The highest BCUT2D eigenvalue weighted by Crippen LogP contribution is 2.43. The first-order valence-electron chi connectivity index (χ1n) is 8.29. The number of hydrogen-bond acceptors (Lipinski definition) is 5. The molecule has 2 heterocycles. The third-order valence-electron chi connectivity index (χ3n) is 4.18. The van der Waals surface area contributed by atoms with Crippen LogP contribution in [0, 0.1) is 6.92 Å². The average molecular weight is 344 g/mol. The summed E-state index contributed by atoms with van der Waals surface area (Å²) in [4.78, 5) is 12.2. The first-order valence-corrected chi connectivity index (χ1v) is 8.29. The highest BCUT2D eigenvalue weighted by Gasteiger charge is 2.34. The maximum Gasteiger partial charge on any atom is 0.244 e. The number of fused-ring (bicyclic) bond motifs is 1. The molecule has 7 nitrogen and oxygen atoms in total. The molecule has 0 bridgehead atoms. The summed E-state index contributed by atoms with van der Waals surface area (Å²) in [5.41, 5.74) is 1.82. The Balaban J connectivity index is 1.71. The smallest absolute Gasteiger partial charge is 0.244 e. The first kappa shape index (κ1) is 17.3. The van der Waals surface area contributed by atoms with Crippen LogP contribution in [0.5, 0.6) is 5.75 Å². The van der Waals surface area contributed by atoms with Crippen molar-refractivity contribution in [2.75, 3.05) is 17.2 Å². The number of amides is 1. The summed E-state index contributed by atoms with van der Waals surface area (Å²) in [5.74, 6) is 1.07. The quantitative estimate of drug-likeness (QED) is 0.792. The van der Waals surface area contributed by atoms with Gasteiger partial charge in [-0.15, -0.1) is 0 Å². The van der Waals surface area contributed by atoms with E-state index < -0.39 is 11.7 Å². The number of para-hydroxylation sites is 1. The lowest BCUT2D eigenvalue weighted by Gasteiger charge is -2.36. The lowest BCUT2D eigenvalue weighted by atomic mass is 9.91. The van der Waals surface area contributed by atoms with Crippen molar-refractivity contribution in [1.82, 2.24) is 9.78 Å². The van der Waals surface area contributed by atoms with Gasteiger partial charge in [-0.2, -0.15) is 5.10 Å². The minimum absolute atomic E-state index is 0.0839. The zero-order chi connectivity index (χ0) is 18.2. The van der Waals surface area contributed by atoms with E-state index in [4.69, 9.17) is 4.74 Å². The highest BCUT2D eigenvalue weighted by atomic mass is 16.5. The number of ether oxygens (including phenoxy) is 1. The van der Waals surface area contributed by atoms with Gasteiger partial charge in [0.05, 0.1) is 24.0 Å². The Labute approximate surface area is 147 Å². The molecule has 0 saturated heterocycles. The van der Waals surface area contributed by atoms with Crippen molar-refractivity contribution in [1.29, 1.82) is 0 Å². The normalized spacial score (nSPS) is 18.2. The van der Waals surface area contributed by atoms with E-state index >= 15 is 0 Å². The van der Waals surface area contributed by atoms with Crippen LogP contribution in [-0.2, 0) is 11.8 Å². The number of aliphatic hydroxyl groups excluding tert-OH is 1. The molecule has 25 heavy (non-hydrogen) atoms. The van der Waals surface area contributed by atoms with Crippen LogP contribution < -0.4 is 15.4 Å². The van der Waals surface area contributed by atoms with Crippen LogP contribution in [0.2, 0.25) is 0 Å². The predicted octanol–water partition coefficient (Wildman–Crippen LogP) is 2.37. The summed E-state index contributed by atoms with van der Waals surface area (Å²) >= 11 is 0. The number of nitrogens with zero attached hydrogens (tertiary/aromatic N) is 2. The number of benzene rings is 1. The van der Waals surface area contributed by atoms with Gasteiger partial charge in [-0.1, -0.05) is 12.1 Å². The number of nitrogens with one attached hydrogen (secondary N) is 2. The van der Waals surface area contributed by atoms with Gasteiger partial charge < -0.3 is 20.5 Å².